The third-order valence-corrected chi connectivity index (χ3v) is 4.07. The molecule has 2 N–H and O–H groups in total. The van der Waals surface area contributed by atoms with Crippen LogP contribution in [0, 0.1) is 5.41 Å². The van der Waals surface area contributed by atoms with Crippen LogP contribution in [0.2, 0.25) is 0 Å². The van der Waals surface area contributed by atoms with E-state index in [0.717, 1.165) is 37.9 Å². The number of nitrogens with two attached hydrogens (primary N) is 1. The highest BCUT2D eigenvalue weighted by Crippen LogP contribution is 2.41. The normalized spacial score (nSPS) is 22.3. The molecule has 0 spiro atoms. The molecule has 1 unspecified atom stereocenters. The van der Waals surface area contributed by atoms with Gasteiger partial charge in [-0.2, -0.15) is 0 Å². The minimum Gasteiger partial charge on any atom is -0.326 e. The van der Waals surface area contributed by atoms with E-state index in [4.69, 9.17) is 5.73 Å². The highest BCUT2D eigenvalue weighted by atomic mass is 14.8. The predicted octanol–water partition coefficient (Wildman–Crippen LogP) is 3.38. The molecule has 19 heavy (non-hydrogen) atoms. The molecule has 2 heteroatoms. The van der Waals surface area contributed by atoms with Crippen molar-refractivity contribution in [3.05, 3.63) is 48.0 Å². The Hall–Kier alpha value is -1.41. The van der Waals surface area contributed by atoms with Crippen LogP contribution in [-0.2, 0) is 6.42 Å². The summed E-state index contributed by atoms with van der Waals surface area (Å²) in [6.07, 6.45) is 4.24. The molecule has 0 fully saturated rings. The van der Waals surface area contributed by atoms with Crippen LogP contribution in [0.4, 0.5) is 0 Å². The lowest BCUT2D eigenvalue weighted by Gasteiger charge is -2.31. The maximum Gasteiger partial charge on any atom is 0.0489 e. The Morgan fingerprint density at radius 2 is 2.11 bits per heavy atom. The van der Waals surface area contributed by atoms with Crippen molar-refractivity contribution in [3.8, 4) is 0 Å². The van der Waals surface area contributed by atoms with Crippen molar-refractivity contribution in [1.29, 1.82) is 0 Å². The Labute approximate surface area is 116 Å². The second kappa shape index (κ2) is 6.16. The maximum atomic E-state index is 5.76. The first-order valence-corrected chi connectivity index (χ1v) is 7.14. The molecule has 0 aliphatic carbocycles. The van der Waals surface area contributed by atoms with Crippen molar-refractivity contribution in [2.24, 2.45) is 16.1 Å². The van der Waals surface area contributed by atoms with Gasteiger partial charge < -0.3 is 5.73 Å². The number of nitrogens with zero attached hydrogens (tertiary/aromatic N) is 1. The molecule has 0 aromatic heterocycles. The Bertz CT molecular complexity index is 461. The average Bonchev–Trinajstić information content (AvgIpc) is 2.85. The average molecular weight is 256 g/mol. The third-order valence-electron chi connectivity index (χ3n) is 4.07. The van der Waals surface area contributed by atoms with E-state index in [-0.39, 0.29) is 5.41 Å². The van der Waals surface area contributed by atoms with Gasteiger partial charge in [-0.15, -0.1) is 0 Å². The van der Waals surface area contributed by atoms with Crippen molar-refractivity contribution in [3.63, 3.8) is 0 Å². The highest BCUT2D eigenvalue weighted by molar-refractivity contribution is 5.89. The Kier molecular flexibility index (Phi) is 4.54. The number of aliphatic imine (C=N–C) groups is 1. The monoisotopic (exact) mass is 256 g/mol. The zero-order chi connectivity index (χ0) is 13.7. The second-order valence-electron chi connectivity index (χ2n) is 5.56. The van der Waals surface area contributed by atoms with Crippen LogP contribution < -0.4 is 5.73 Å². The summed E-state index contributed by atoms with van der Waals surface area (Å²) in [5, 5.41) is 0. The maximum absolute atomic E-state index is 5.76. The van der Waals surface area contributed by atoms with Gasteiger partial charge in [0.05, 0.1) is 0 Å². The molecule has 0 bridgehead atoms. The van der Waals surface area contributed by atoms with Gasteiger partial charge in [-0.25, -0.2) is 0 Å². The first kappa shape index (κ1) is 14.0. The van der Waals surface area contributed by atoms with Crippen LogP contribution in [0.3, 0.4) is 0 Å². The fraction of sp³-hybridized carbons (Fsp3) is 0.471. The topological polar surface area (TPSA) is 38.4 Å². The Morgan fingerprint density at radius 1 is 1.37 bits per heavy atom. The molecule has 1 aromatic carbocycles. The molecule has 1 heterocycles. The number of hydrogen-bond acceptors (Lipinski definition) is 2. The van der Waals surface area contributed by atoms with E-state index in [1.165, 1.54) is 11.1 Å². The van der Waals surface area contributed by atoms with Gasteiger partial charge in [0.15, 0.2) is 0 Å². The fourth-order valence-corrected chi connectivity index (χ4v) is 2.94. The molecule has 1 aliphatic rings. The van der Waals surface area contributed by atoms with Gasteiger partial charge >= 0.3 is 0 Å². The van der Waals surface area contributed by atoms with E-state index in [1.54, 1.807) is 0 Å². The molecule has 1 atom stereocenters. The largest absolute Gasteiger partial charge is 0.326 e. The first-order chi connectivity index (χ1) is 9.20. The van der Waals surface area contributed by atoms with Crippen LogP contribution >= 0.6 is 0 Å². The van der Waals surface area contributed by atoms with E-state index in [2.05, 4.69) is 48.8 Å². The van der Waals surface area contributed by atoms with Crippen LogP contribution in [0.1, 0.15) is 31.7 Å². The summed E-state index contributed by atoms with van der Waals surface area (Å²) in [5.74, 6) is 0. The minimum absolute atomic E-state index is 0.103. The standard InChI is InChI=1S/C17H24N2/c1-3-7-14(2)17(11-16(12-18)19-13-17)10-15-8-5-4-6-9-15/h4-6,8-9H,2-3,7,10-13,18H2,1H3. The Balaban J connectivity index is 2.19. The quantitative estimate of drug-likeness (QED) is 0.779. The number of hydrogen-bond donors (Lipinski definition) is 1. The summed E-state index contributed by atoms with van der Waals surface area (Å²) in [7, 11) is 0. The predicted molar refractivity (Wildman–Crippen MR) is 82.6 cm³/mol. The SMILES string of the molecule is C=C(CCC)C1(Cc2ccccc2)CN=C(CN)C1. The molecular weight excluding hydrogens is 232 g/mol. The highest BCUT2D eigenvalue weighted by Gasteiger charge is 2.37. The smallest absolute Gasteiger partial charge is 0.0489 e. The van der Waals surface area contributed by atoms with Gasteiger partial charge in [0.2, 0.25) is 0 Å². The van der Waals surface area contributed by atoms with Crippen molar-refractivity contribution in [2.45, 2.75) is 32.6 Å². The van der Waals surface area contributed by atoms with Crippen molar-refractivity contribution < 1.29 is 0 Å². The zero-order valence-electron chi connectivity index (χ0n) is 11.9. The van der Waals surface area contributed by atoms with Gasteiger partial charge in [-0.1, -0.05) is 55.8 Å². The van der Waals surface area contributed by atoms with E-state index >= 15 is 0 Å². The van der Waals surface area contributed by atoms with E-state index < -0.39 is 0 Å². The lowest BCUT2D eigenvalue weighted by atomic mass is 9.72. The van der Waals surface area contributed by atoms with Crippen LogP contribution in [0.25, 0.3) is 0 Å². The van der Waals surface area contributed by atoms with Gasteiger partial charge in [-0.3, -0.25) is 4.99 Å². The van der Waals surface area contributed by atoms with Gasteiger partial charge in [-0.05, 0) is 24.8 Å². The lowest BCUT2D eigenvalue weighted by Crippen LogP contribution is -2.29. The molecule has 1 aliphatic heterocycles. The lowest BCUT2D eigenvalue weighted by molar-refractivity contribution is 0.388. The second-order valence-corrected chi connectivity index (χ2v) is 5.56. The van der Waals surface area contributed by atoms with Crippen LogP contribution in [-0.4, -0.2) is 18.8 Å². The number of benzene rings is 1. The van der Waals surface area contributed by atoms with Crippen LogP contribution in [0.15, 0.2) is 47.5 Å². The van der Waals surface area contributed by atoms with Crippen molar-refractivity contribution in [2.75, 3.05) is 13.1 Å². The van der Waals surface area contributed by atoms with Crippen molar-refractivity contribution in [1.82, 2.24) is 0 Å². The summed E-state index contributed by atoms with van der Waals surface area (Å²) < 4.78 is 0. The molecular formula is C17H24N2. The molecule has 0 radical (unpaired) electrons. The van der Waals surface area contributed by atoms with E-state index in [1.807, 2.05) is 0 Å². The van der Waals surface area contributed by atoms with Gasteiger partial charge in [0, 0.05) is 24.2 Å². The van der Waals surface area contributed by atoms with Crippen molar-refractivity contribution >= 4 is 5.71 Å². The fourth-order valence-electron chi connectivity index (χ4n) is 2.94. The summed E-state index contributed by atoms with van der Waals surface area (Å²) in [6.45, 7) is 7.99. The summed E-state index contributed by atoms with van der Waals surface area (Å²) in [5.41, 5.74) is 9.72. The molecule has 0 amide bonds. The molecule has 2 nitrogen and oxygen atoms in total. The minimum atomic E-state index is 0.103. The van der Waals surface area contributed by atoms with E-state index in [0.29, 0.717) is 6.54 Å². The van der Waals surface area contributed by atoms with Crippen LogP contribution in [0.5, 0.6) is 0 Å². The first-order valence-electron chi connectivity index (χ1n) is 7.14. The van der Waals surface area contributed by atoms with E-state index in [9.17, 15) is 0 Å². The summed E-state index contributed by atoms with van der Waals surface area (Å²) in [4.78, 5) is 4.64. The molecule has 2 rings (SSSR count). The summed E-state index contributed by atoms with van der Waals surface area (Å²) >= 11 is 0. The molecule has 0 saturated carbocycles. The summed E-state index contributed by atoms with van der Waals surface area (Å²) in [6, 6.07) is 10.7. The third kappa shape index (κ3) is 3.13. The molecule has 0 saturated heterocycles. The number of rotatable bonds is 6. The zero-order valence-corrected chi connectivity index (χ0v) is 11.9. The Morgan fingerprint density at radius 3 is 2.68 bits per heavy atom. The van der Waals surface area contributed by atoms with Gasteiger partial charge in [0.25, 0.3) is 0 Å². The molecule has 1 aromatic rings. The molecule has 102 valence electrons. The van der Waals surface area contributed by atoms with Gasteiger partial charge in [0.1, 0.15) is 0 Å².